The van der Waals surface area contributed by atoms with Gasteiger partial charge >= 0.3 is 0 Å². The van der Waals surface area contributed by atoms with E-state index in [-0.39, 0.29) is 0 Å². The van der Waals surface area contributed by atoms with Gasteiger partial charge in [-0.1, -0.05) is 76.7 Å². The molecule has 202 valence electrons. The second-order valence-corrected chi connectivity index (χ2v) is 11.9. The molecule has 3 aromatic carbocycles. The van der Waals surface area contributed by atoms with E-state index in [0.29, 0.717) is 17.9 Å². The average molecular weight is 535 g/mol. The van der Waals surface area contributed by atoms with Gasteiger partial charge in [-0.2, -0.15) is 5.26 Å². The molecule has 2 heterocycles. The number of hydrogen-bond donors (Lipinski definition) is 0. The molecule has 0 N–H and O–H groups in total. The van der Waals surface area contributed by atoms with Gasteiger partial charge < -0.3 is 4.90 Å². The minimum Gasteiger partial charge on any atom is -0.345 e. The largest absolute Gasteiger partial charge is 0.345 e. The molecular formula is C36H42N2S. The number of benzene rings is 3. The SMILES string of the molecule is C=C1c2sccc2C=CN1C(C)C.Cc1cc(C#N)ccc1C(C)C.Cc1cc2ccccc2cc1C(C)C. The minimum absolute atomic E-state index is 0.485. The van der Waals surface area contributed by atoms with Gasteiger partial charge in [0.1, 0.15) is 0 Å². The molecule has 0 aliphatic carbocycles. The lowest BCUT2D eigenvalue weighted by Gasteiger charge is -2.29. The maximum absolute atomic E-state index is 8.64. The van der Waals surface area contributed by atoms with Crippen molar-refractivity contribution in [2.75, 3.05) is 0 Å². The summed E-state index contributed by atoms with van der Waals surface area (Å²) in [4.78, 5) is 3.51. The fraction of sp³-hybridized carbons (Fsp3) is 0.306. The zero-order chi connectivity index (χ0) is 28.7. The Balaban J connectivity index is 0.000000162. The van der Waals surface area contributed by atoms with Crippen molar-refractivity contribution in [1.82, 2.24) is 4.90 Å². The Labute approximate surface area is 239 Å². The van der Waals surface area contributed by atoms with Crippen molar-refractivity contribution in [2.24, 2.45) is 0 Å². The third-order valence-electron chi connectivity index (χ3n) is 7.02. The van der Waals surface area contributed by atoms with Gasteiger partial charge in [-0.25, -0.2) is 0 Å². The van der Waals surface area contributed by atoms with E-state index in [1.165, 1.54) is 43.5 Å². The van der Waals surface area contributed by atoms with Gasteiger partial charge in [0.25, 0.3) is 0 Å². The van der Waals surface area contributed by atoms with Crippen LogP contribution in [-0.2, 0) is 0 Å². The third-order valence-corrected chi connectivity index (χ3v) is 8.00. The van der Waals surface area contributed by atoms with E-state index >= 15 is 0 Å². The fourth-order valence-electron chi connectivity index (χ4n) is 4.92. The lowest BCUT2D eigenvalue weighted by Crippen LogP contribution is -2.24. The van der Waals surface area contributed by atoms with Gasteiger partial charge in [-0.15, -0.1) is 11.3 Å². The molecule has 0 atom stereocenters. The number of hydrogen-bond acceptors (Lipinski definition) is 3. The van der Waals surface area contributed by atoms with Gasteiger partial charge in [0.15, 0.2) is 0 Å². The fourth-order valence-corrected chi connectivity index (χ4v) is 5.79. The number of aryl methyl sites for hydroxylation is 2. The van der Waals surface area contributed by atoms with Gasteiger partial charge in [-0.05, 0) is 108 Å². The highest BCUT2D eigenvalue weighted by molar-refractivity contribution is 7.11. The molecule has 1 aliphatic rings. The second kappa shape index (κ2) is 13.5. The summed E-state index contributed by atoms with van der Waals surface area (Å²) in [6.07, 6.45) is 4.27. The van der Waals surface area contributed by atoms with Crippen LogP contribution < -0.4 is 0 Å². The Morgan fingerprint density at radius 1 is 0.795 bits per heavy atom. The summed E-state index contributed by atoms with van der Waals surface area (Å²) in [5.74, 6) is 1.15. The van der Waals surface area contributed by atoms with Crippen molar-refractivity contribution in [1.29, 1.82) is 5.26 Å². The molecule has 5 rings (SSSR count). The van der Waals surface area contributed by atoms with E-state index in [1.54, 1.807) is 11.3 Å². The number of nitrogens with zero attached hydrogens (tertiary/aromatic N) is 2. The Morgan fingerprint density at radius 2 is 1.41 bits per heavy atom. The maximum Gasteiger partial charge on any atom is 0.0991 e. The summed E-state index contributed by atoms with van der Waals surface area (Å²) in [5.41, 5.74) is 8.58. The molecular weight excluding hydrogens is 492 g/mol. The summed E-state index contributed by atoms with van der Waals surface area (Å²) >= 11 is 1.76. The standard InChI is InChI=1S/C14H16.C11H13NS.C11H13N/c1-10(2)14-9-13-7-5-4-6-12(13)8-11(14)3;1-8(2)12-6-4-10-5-7-13-11(10)9(12)3;1-8(2)11-5-4-10(7-12)6-9(11)3/h4-10H,1-3H3;4-8H,3H2,1-2H3;4-6,8H,1-3H3. The molecule has 1 aromatic heterocycles. The molecule has 3 heteroatoms. The van der Waals surface area contributed by atoms with Crippen LogP contribution in [0.3, 0.4) is 0 Å². The minimum atomic E-state index is 0.485. The molecule has 2 nitrogen and oxygen atoms in total. The van der Waals surface area contributed by atoms with Crippen molar-refractivity contribution >= 4 is 33.9 Å². The van der Waals surface area contributed by atoms with E-state index in [1.807, 2.05) is 18.2 Å². The number of rotatable bonds is 3. The summed E-state index contributed by atoms with van der Waals surface area (Å²) in [6.45, 7) is 21.5. The number of thiophene rings is 1. The smallest absolute Gasteiger partial charge is 0.0991 e. The van der Waals surface area contributed by atoms with E-state index < -0.39 is 0 Å². The van der Waals surface area contributed by atoms with E-state index in [2.05, 4.69) is 133 Å². The van der Waals surface area contributed by atoms with Crippen molar-refractivity contribution in [3.8, 4) is 6.07 Å². The Hall–Kier alpha value is -3.61. The van der Waals surface area contributed by atoms with Gasteiger partial charge in [0.2, 0.25) is 0 Å². The Morgan fingerprint density at radius 3 is 1.97 bits per heavy atom. The molecule has 0 saturated heterocycles. The van der Waals surface area contributed by atoms with Crippen molar-refractivity contribution in [2.45, 2.75) is 73.3 Å². The van der Waals surface area contributed by atoms with Crippen LogP contribution in [0, 0.1) is 25.2 Å². The summed E-state index contributed by atoms with van der Waals surface area (Å²) in [5, 5.41) is 13.4. The summed E-state index contributed by atoms with van der Waals surface area (Å²) < 4.78 is 0. The predicted molar refractivity (Wildman–Crippen MR) is 172 cm³/mol. The van der Waals surface area contributed by atoms with Crippen LogP contribution in [0.1, 0.15) is 91.6 Å². The topological polar surface area (TPSA) is 27.0 Å². The number of nitriles is 1. The first kappa shape index (κ1) is 29.9. The van der Waals surface area contributed by atoms with Crippen molar-refractivity contribution < 1.29 is 0 Å². The van der Waals surface area contributed by atoms with Gasteiger partial charge in [-0.3, -0.25) is 0 Å². The first-order valence-electron chi connectivity index (χ1n) is 13.8. The second-order valence-electron chi connectivity index (χ2n) is 11.0. The zero-order valence-electron chi connectivity index (χ0n) is 24.7. The quantitative estimate of drug-likeness (QED) is 0.261. The van der Waals surface area contributed by atoms with Crippen LogP contribution in [0.5, 0.6) is 0 Å². The molecule has 0 fully saturated rings. The van der Waals surface area contributed by atoms with Crippen LogP contribution in [0.25, 0.3) is 22.5 Å². The van der Waals surface area contributed by atoms with E-state index in [0.717, 1.165) is 11.3 Å². The monoisotopic (exact) mass is 534 g/mol. The van der Waals surface area contributed by atoms with Crippen LogP contribution in [0.15, 0.2) is 78.8 Å². The first-order valence-corrected chi connectivity index (χ1v) is 14.6. The predicted octanol–water partition coefficient (Wildman–Crippen LogP) is 10.7. The Kier molecular flexibility index (Phi) is 10.3. The molecule has 0 saturated carbocycles. The zero-order valence-corrected chi connectivity index (χ0v) is 25.6. The third kappa shape index (κ3) is 7.49. The Bertz CT molecular complexity index is 1490. The van der Waals surface area contributed by atoms with Gasteiger partial charge in [0.05, 0.1) is 22.2 Å². The van der Waals surface area contributed by atoms with Crippen LogP contribution >= 0.6 is 11.3 Å². The highest BCUT2D eigenvalue weighted by Crippen LogP contribution is 2.33. The van der Waals surface area contributed by atoms with Crippen LogP contribution in [-0.4, -0.2) is 10.9 Å². The lowest BCUT2D eigenvalue weighted by atomic mass is 9.94. The maximum atomic E-state index is 8.64. The molecule has 0 unspecified atom stereocenters. The van der Waals surface area contributed by atoms with Gasteiger partial charge in [0, 0.05) is 12.2 Å². The van der Waals surface area contributed by atoms with E-state index in [9.17, 15) is 0 Å². The molecule has 4 aromatic rings. The molecule has 0 amide bonds. The van der Waals surface area contributed by atoms with Crippen LogP contribution in [0.4, 0.5) is 0 Å². The first-order chi connectivity index (χ1) is 18.5. The number of fused-ring (bicyclic) bond motifs is 2. The lowest BCUT2D eigenvalue weighted by molar-refractivity contribution is 0.439. The average Bonchev–Trinajstić information content (AvgIpc) is 3.38. The van der Waals surface area contributed by atoms with Crippen molar-refractivity contribution in [3.05, 3.63) is 117 Å². The molecule has 39 heavy (non-hydrogen) atoms. The molecule has 0 bridgehead atoms. The highest BCUT2D eigenvalue weighted by Gasteiger charge is 2.17. The molecule has 1 aliphatic heterocycles. The van der Waals surface area contributed by atoms with E-state index in [4.69, 9.17) is 5.26 Å². The summed E-state index contributed by atoms with van der Waals surface area (Å²) in [6, 6.07) is 23.8. The van der Waals surface area contributed by atoms with Crippen molar-refractivity contribution in [3.63, 3.8) is 0 Å². The molecule has 0 radical (unpaired) electrons. The summed E-state index contributed by atoms with van der Waals surface area (Å²) in [7, 11) is 0. The van der Waals surface area contributed by atoms with Crippen LogP contribution in [0.2, 0.25) is 0 Å². The normalized spacial score (nSPS) is 12.2. The molecule has 0 spiro atoms. The highest BCUT2D eigenvalue weighted by atomic mass is 32.1.